The van der Waals surface area contributed by atoms with E-state index in [0.717, 1.165) is 16.7 Å². The lowest BCUT2D eigenvalue weighted by Gasteiger charge is -2.06. The van der Waals surface area contributed by atoms with Crippen LogP contribution in [0.5, 0.6) is 0 Å². The third-order valence-electron chi connectivity index (χ3n) is 2.55. The Labute approximate surface area is 99.7 Å². The van der Waals surface area contributed by atoms with Crippen LogP contribution in [0.25, 0.3) is 11.1 Å². The summed E-state index contributed by atoms with van der Waals surface area (Å²) in [6, 6.07) is 15.3. The Morgan fingerprint density at radius 2 is 1.76 bits per heavy atom. The normalized spacial score (nSPS) is 10.0. The predicted octanol–water partition coefficient (Wildman–Crippen LogP) is 2.78. The van der Waals surface area contributed by atoms with Crippen LogP contribution in [0.2, 0.25) is 0 Å². The van der Waals surface area contributed by atoms with Crippen molar-refractivity contribution in [2.45, 2.75) is 6.92 Å². The zero-order valence-electron chi connectivity index (χ0n) is 9.47. The van der Waals surface area contributed by atoms with Crippen molar-refractivity contribution in [2.24, 2.45) is 0 Å². The SMILES string of the molecule is Cc1cc(C(=O)NO)cc(-c2ccccc2)c1. The maximum absolute atomic E-state index is 11.4. The Bertz CT molecular complexity index is 535. The first-order valence-corrected chi connectivity index (χ1v) is 5.32. The highest BCUT2D eigenvalue weighted by molar-refractivity contribution is 5.94. The summed E-state index contributed by atoms with van der Waals surface area (Å²) in [7, 11) is 0. The molecule has 3 nitrogen and oxygen atoms in total. The molecule has 2 aromatic rings. The molecule has 0 saturated carbocycles. The van der Waals surface area contributed by atoms with Gasteiger partial charge in [-0.15, -0.1) is 0 Å². The van der Waals surface area contributed by atoms with Crippen LogP contribution in [-0.2, 0) is 0 Å². The second kappa shape index (κ2) is 4.80. The van der Waals surface area contributed by atoms with E-state index in [2.05, 4.69) is 0 Å². The van der Waals surface area contributed by atoms with Crippen molar-refractivity contribution in [1.82, 2.24) is 5.48 Å². The van der Waals surface area contributed by atoms with E-state index in [1.54, 1.807) is 17.6 Å². The van der Waals surface area contributed by atoms with Gasteiger partial charge in [0.2, 0.25) is 0 Å². The summed E-state index contributed by atoms with van der Waals surface area (Å²) in [5.74, 6) is -0.495. The van der Waals surface area contributed by atoms with Crippen molar-refractivity contribution in [3.63, 3.8) is 0 Å². The smallest absolute Gasteiger partial charge is 0.274 e. The first kappa shape index (κ1) is 11.4. The average Bonchev–Trinajstić information content (AvgIpc) is 2.38. The number of aryl methyl sites for hydroxylation is 1. The highest BCUT2D eigenvalue weighted by Gasteiger charge is 2.07. The Hall–Kier alpha value is -2.13. The standard InChI is InChI=1S/C14H13NO2/c1-10-7-12(11-5-3-2-4-6-11)9-13(8-10)14(16)15-17/h2-9,17H,1H3,(H,15,16). The molecule has 1 amide bonds. The van der Waals surface area contributed by atoms with E-state index in [1.165, 1.54) is 0 Å². The summed E-state index contributed by atoms with van der Waals surface area (Å²) in [6.45, 7) is 1.92. The Kier molecular flexibility index (Phi) is 3.21. The monoisotopic (exact) mass is 227 g/mol. The van der Waals surface area contributed by atoms with Gasteiger partial charge in [0.05, 0.1) is 0 Å². The van der Waals surface area contributed by atoms with Gasteiger partial charge in [-0.25, -0.2) is 5.48 Å². The van der Waals surface area contributed by atoms with Gasteiger partial charge in [0.1, 0.15) is 0 Å². The average molecular weight is 227 g/mol. The molecule has 0 spiro atoms. The molecule has 0 aliphatic rings. The number of amides is 1. The number of nitrogens with one attached hydrogen (secondary N) is 1. The first-order valence-electron chi connectivity index (χ1n) is 5.32. The van der Waals surface area contributed by atoms with E-state index in [9.17, 15) is 4.79 Å². The van der Waals surface area contributed by atoms with Gasteiger partial charge in [-0.3, -0.25) is 10.0 Å². The highest BCUT2D eigenvalue weighted by atomic mass is 16.5. The summed E-state index contributed by atoms with van der Waals surface area (Å²) in [5.41, 5.74) is 5.08. The molecule has 0 heterocycles. The fourth-order valence-electron chi connectivity index (χ4n) is 1.78. The number of carbonyl (C=O) groups is 1. The quantitative estimate of drug-likeness (QED) is 0.612. The molecule has 0 aromatic heterocycles. The van der Waals surface area contributed by atoms with Gasteiger partial charge >= 0.3 is 0 Å². The molecule has 0 aliphatic carbocycles. The molecule has 17 heavy (non-hydrogen) atoms. The van der Waals surface area contributed by atoms with E-state index < -0.39 is 5.91 Å². The van der Waals surface area contributed by atoms with Crippen LogP contribution in [-0.4, -0.2) is 11.1 Å². The van der Waals surface area contributed by atoms with Crippen molar-refractivity contribution in [3.05, 3.63) is 59.7 Å². The van der Waals surface area contributed by atoms with Gasteiger partial charge in [0.25, 0.3) is 5.91 Å². The second-order valence-electron chi connectivity index (χ2n) is 3.89. The molecule has 0 unspecified atom stereocenters. The lowest BCUT2D eigenvalue weighted by Crippen LogP contribution is -2.18. The minimum atomic E-state index is -0.495. The van der Waals surface area contributed by atoms with Crippen molar-refractivity contribution < 1.29 is 10.0 Å². The lowest BCUT2D eigenvalue weighted by molar-refractivity contribution is 0.0706. The van der Waals surface area contributed by atoms with Gasteiger partial charge in [-0.2, -0.15) is 0 Å². The molecule has 2 N–H and O–H groups in total. The molecule has 0 bridgehead atoms. The predicted molar refractivity (Wildman–Crippen MR) is 65.9 cm³/mol. The van der Waals surface area contributed by atoms with Crippen LogP contribution in [0.15, 0.2) is 48.5 Å². The van der Waals surface area contributed by atoms with Crippen molar-refractivity contribution in [3.8, 4) is 11.1 Å². The number of carbonyl (C=O) groups excluding carboxylic acids is 1. The van der Waals surface area contributed by atoms with E-state index in [1.807, 2.05) is 43.3 Å². The van der Waals surface area contributed by atoms with Crippen molar-refractivity contribution >= 4 is 5.91 Å². The van der Waals surface area contributed by atoms with E-state index >= 15 is 0 Å². The molecule has 86 valence electrons. The Balaban J connectivity index is 2.49. The molecule has 0 aliphatic heterocycles. The Morgan fingerprint density at radius 3 is 2.41 bits per heavy atom. The molecular weight excluding hydrogens is 214 g/mol. The van der Waals surface area contributed by atoms with E-state index in [0.29, 0.717) is 5.56 Å². The molecule has 0 saturated heterocycles. The number of hydrogen-bond acceptors (Lipinski definition) is 2. The topological polar surface area (TPSA) is 49.3 Å². The largest absolute Gasteiger partial charge is 0.288 e. The molecule has 2 rings (SSSR count). The van der Waals surface area contributed by atoms with Gasteiger partial charge in [-0.1, -0.05) is 36.4 Å². The van der Waals surface area contributed by atoms with Crippen molar-refractivity contribution in [2.75, 3.05) is 0 Å². The molecule has 0 atom stereocenters. The first-order chi connectivity index (χ1) is 8.20. The Morgan fingerprint density at radius 1 is 1.06 bits per heavy atom. The summed E-state index contributed by atoms with van der Waals surface area (Å²) in [5, 5.41) is 8.64. The third-order valence-corrected chi connectivity index (χ3v) is 2.55. The van der Waals surface area contributed by atoms with Crippen molar-refractivity contribution in [1.29, 1.82) is 0 Å². The summed E-state index contributed by atoms with van der Waals surface area (Å²) in [4.78, 5) is 11.4. The van der Waals surface area contributed by atoms with Gasteiger partial charge < -0.3 is 0 Å². The maximum atomic E-state index is 11.4. The molecule has 2 aromatic carbocycles. The van der Waals surface area contributed by atoms with E-state index in [-0.39, 0.29) is 0 Å². The third kappa shape index (κ3) is 2.52. The molecule has 3 heteroatoms. The van der Waals surface area contributed by atoms with Gasteiger partial charge in [0.15, 0.2) is 0 Å². The van der Waals surface area contributed by atoms with Crippen LogP contribution in [0.3, 0.4) is 0 Å². The molecular formula is C14H13NO2. The van der Waals surface area contributed by atoms with Gasteiger partial charge in [-0.05, 0) is 35.7 Å². The lowest BCUT2D eigenvalue weighted by atomic mass is 10.00. The summed E-state index contributed by atoms with van der Waals surface area (Å²) < 4.78 is 0. The van der Waals surface area contributed by atoms with Crippen LogP contribution in [0.1, 0.15) is 15.9 Å². The second-order valence-corrected chi connectivity index (χ2v) is 3.89. The number of benzene rings is 2. The fraction of sp³-hybridized carbons (Fsp3) is 0.0714. The maximum Gasteiger partial charge on any atom is 0.274 e. The molecule has 0 fully saturated rings. The van der Waals surface area contributed by atoms with Gasteiger partial charge in [0, 0.05) is 5.56 Å². The van der Waals surface area contributed by atoms with Crippen LogP contribution >= 0.6 is 0 Å². The zero-order chi connectivity index (χ0) is 12.3. The summed E-state index contributed by atoms with van der Waals surface area (Å²) in [6.07, 6.45) is 0. The van der Waals surface area contributed by atoms with E-state index in [4.69, 9.17) is 5.21 Å². The number of rotatable bonds is 2. The number of hydrogen-bond donors (Lipinski definition) is 2. The zero-order valence-corrected chi connectivity index (χ0v) is 9.47. The molecule has 0 radical (unpaired) electrons. The summed E-state index contributed by atoms with van der Waals surface area (Å²) >= 11 is 0. The minimum absolute atomic E-state index is 0.450. The highest BCUT2D eigenvalue weighted by Crippen LogP contribution is 2.21. The fourth-order valence-corrected chi connectivity index (χ4v) is 1.78. The van der Waals surface area contributed by atoms with Crippen LogP contribution < -0.4 is 5.48 Å². The minimum Gasteiger partial charge on any atom is -0.288 e. The number of hydroxylamine groups is 1. The van der Waals surface area contributed by atoms with Crippen LogP contribution in [0, 0.1) is 6.92 Å². The van der Waals surface area contributed by atoms with Crippen LogP contribution in [0.4, 0.5) is 0 Å².